The van der Waals surface area contributed by atoms with E-state index < -0.39 is 0 Å². The number of halogens is 1. The Hall–Kier alpha value is -0.950. The standard InChI is InChI=1S/C9H11BrN2O/c1-3-12(4-2)9-8(10)5-7(6-11)13-9/h5H,3-4H2,1-2H3. The second kappa shape index (κ2) is 4.33. The molecule has 0 aliphatic rings. The number of nitrogens with zero attached hydrogens (tertiary/aromatic N) is 2. The molecule has 13 heavy (non-hydrogen) atoms. The molecule has 1 rings (SSSR count). The molecule has 0 N–H and O–H groups in total. The lowest BCUT2D eigenvalue weighted by atomic mass is 10.4. The first-order valence-electron chi connectivity index (χ1n) is 4.17. The summed E-state index contributed by atoms with van der Waals surface area (Å²) in [5.74, 6) is 1.08. The second-order valence-electron chi connectivity index (χ2n) is 2.55. The molecule has 1 aromatic rings. The van der Waals surface area contributed by atoms with Gasteiger partial charge >= 0.3 is 0 Å². The van der Waals surface area contributed by atoms with E-state index in [1.165, 1.54) is 0 Å². The highest BCUT2D eigenvalue weighted by molar-refractivity contribution is 9.10. The van der Waals surface area contributed by atoms with E-state index in [4.69, 9.17) is 9.68 Å². The van der Waals surface area contributed by atoms with Gasteiger partial charge in [0.15, 0.2) is 0 Å². The number of rotatable bonds is 3. The van der Waals surface area contributed by atoms with Crippen LogP contribution in [0.1, 0.15) is 19.6 Å². The van der Waals surface area contributed by atoms with Crippen LogP contribution in [0.2, 0.25) is 0 Å². The zero-order chi connectivity index (χ0) is 9.84. The summed E-state index contributed by atoms with van der Waals surface area (Å²) in [6.45, 7) is 5.83. The van der Waals surface area contributed by atoms with Crippen molar-refractivity contribution in [2.24, 2.45) is 0 Å². The molecule has 70 valence electrons. The van der Waals surface area contributed by atoms with Gasteiger partial charge in [0.1, 0.15) is 6.07 Å². The van der Waals surface area contributed by atoms with Gasteiger partial charge in [-0.3, -0.25) is 0 Å². The molecule has 4 heteroatoms. The van der Waals surface area contributed by atoms with Gasteiger partial charge in [0.2, 0.25) is 11.6 Å². The van der Waals surface area contributed by atoms with Gasteiger partial charge in [-0.05, 0) is 29.8 Å². The van der Waals surface area contributed by atoms with Crippen molar-refractivity contribution in [2.75, 3.05) is 18.0 Å². The zero-order valence-corrected chi connectivity index (χ0v) is 9.26. The Morgan fingerprint density at radius 1 is 1.54 bits per heavy atom. The van der Waals surface area contributed by atoms with Gasteiger partial charge < -0.3 is 9.32 Å². The Morgan fingerprint density at radius 3 is 2.54 bits per heavy atom. The number of furan rings is 1. The third-order valence-electron chi connectivity index (χ3n) is 1.83. The van der Waals surface area contributed by atoms with Gasteiger partial charge in [-0.1, -0.05) is 0 Å². The molecule has 0 aliphatic heterocycles. The maximum absolute atomic E-state index is 8.62. The monoisotopic (exact) mass is 242 g/mol. The van der Waals surface area contributed by atoms with Gasteiger partial charge in [-0.2, -0.15) is 5.26 Å². The fourth-order valence-electron chi connectivity index (χ4n) is 1.14. The van der Waals surface area contributed by atoms with E-state index in [-0.39, 0.29) is 0 Å². The molecule has 0 saturated carbocycles. The molecule has 0 fully saturated rings. The number of nitriles is 1. The Labute approximate surface area is 86.1 Å². The molecule has 0 radical (unpaired) electrons. The number of hydrogen-bond donors (Lipinski definition) is 0. The third kappa shape index (κ3) is 2.04. The molecule has 3 nitrogen and oxygen atoms in total. The molecular formula is C9H11BrN2O. The molecule has 1 aromatic heterocycles. The number of anilines is 1. The average molecular weight is 243 g/mol. The minimum Gasteiger partial charge on any atom is -0.429 e. The maximum Gasteiger partial charge on any atom is 0.211 e. The maximum atomic E-state index is 8.62. The molecule has 0 amide bonds. The minimum absolute atomic E-state index is 0.341. The van der Waals surface area contributed by atoms with Crippen molar-refractivity contribution in [3.05, 3.63) is 16.3 Å². The Kier molecular flexibility index (Phi) is 3.38. The fraction of sp³-hybridized carbons (Fsp3) is 0.444. The average Bonchev–Trinajstić information content (AvgIpc) is 2.50. The van der Waals surface area contributed by atoms with Crippen LogP contribution in [0.15, 0.2) is 15.0 Å². The van der Waals surface area contributed by atoms with Crippen LogP contribution in [0.5, 0.6) is 0 Å². The van der Waals surface area contributed by atoms with Gasteiger partial charge in [0, 0.05) is 19.2 Å². The smallest absolute Gasteiger partial charge is 0.211 e. The van der Waals surface area contributed by atoms with Crippen LogP contribution in [-0.2, 0) is 0 Å². The van der Waals surface area contributed by atoms with Crippen LogP contribution in [0, 0.1) is 11.3 Å². The van der Waals surface area contributed by atoms with Crippen molar-refractivity contribution in [3.63, 3.8) is 0 Å². The van der Waals surface area contributed by atoms with E-state index in [1.54, 1.807) is 6.07 Å². The van der Waals surface area contributed by atoms with Gasteiger partial charge in [-0.25, -0.2) is 0 Å². The van der Waals surface area contributed by atoms with E-state index in [2.05, 4.69) is 15.9 Å². The van der Waals surface area contributed by atoms with Crippen molar-refractivity contribution in [2.45, 2.75) is 13.8 Å². The van der Waals surface area contributed by atoms with Crippen LogP contribution in [-0.4, -0.2) is 13.1 Å². The van der Waals surface area contributed by atoms with Crippen molar-refractivity contribution in [3.8, 4) is 6.07 Å². The first-order valence-corrected chi connectivity index (χ1v) is 4.96. The van der Waals surface area contributed by atoms with E-state index in [0.29, 0.717) is 5.76 Å². The van der Waals surface area contributed by atoms with Crippen LogP contribution in [0.4, 0.5) is 5.88 Å². The highest BCUT2D eigenvalue weighted by atomic mass is 79.9. The first-order chi connectivity index (χ1) is 6.22. The SMILES string of the molecule is CCN(CC)c1oc(C#N)cc1Br. The molecule has 0 atom stereocenters. The summed E-state index contributed by atoms with van der Waals surface area (Å²) in [5, 5.41) is 8.62. The molecule has 0 saturated heterocycles. The van der Waals surface area contributed by atoms with Crippen molar-refractivity contribution in [1.29, 1.82) is 5.26 Å². The predicted molar refractivity (Wildman–Crippen MR) is 54.7 cm³/mol. The Bertz CT molecular complexity index is 323. The van der Waals surface area contributed by atoms with Gasteiger partial charge in [-0.15, -0.1) is 0 Å². The summed E-state index contributed by atoms with van der Waals surface area (Å²) >= 11 is 3.35. The lowest BCUT2D eigenvalue weighted by Crippen LogP contribution is -2.21. The fourth-order valence-corrected chi connectivity index (χ4v) is 1.68. The first kappa shape index (κ1) is 10.1. The largest absolute Gasteiger partial charge is 0.429 e. The summed E-state index contributed by atoms with van der Waals surface area (Å²) < 4.78 is 6.17. The summed E-state index contributed by atoms with van der Waals surface area (Å²) in [6.07, 6.45) is 0. The molecule has 0 unspecified atom stereocenters. The lowest BCUT2D eigenvalue weighted by molar-refractivity contribution is 0.536. The van der Waals surface area contributed by atoms with E-state index in [0.717, 1.165) is 23.4 Å². The van der Waals surface area contributed by atoms with Crippen molar-refractivity contribution >= 4 is 21.8 Å². The van der Waals surface area contributed by atoms with Crippen LogP contribution >= 0.6 is 15.9 Å². The second-order valence-corrected chi connectivity index (χ2v) is 3.40. The van der Waals surface area contributed by atoms with Gasteiger partial charge in [0.05, 0.1) is 4.47 Å². The highest BCUT2D eigenvalue weighted by Crippen LogP contribution is 2.29. The van der Waals surface area contributed by atoms with Crippen LogP contribution < -0.4 is 4.90 Å². The van der Waals surface area contributed by atoms with Crippen molar-refractivity contribution in [1.82, 2.24) is 0 Å². The lowest BCUT2D eigenvalue weighted by Gasteiger charge is -2.17. The molecule has 0 aromatic carbocycles. The normalized spacial score (nSPS) is 9.69. The van der Waals surface area contributed by atoms with E-state index >= 15 is 0 Å². The van der Waals surface area contributed by atoms with Gasteiger partial charge in [0.25, 0.3) is 0 Å². The zero-order valence-electron chi connectivity index (χ0n) is 7.67. The topological polar surface area (TPSA) is 40.2 Å². The summed E-state index contributed by atoms with van der Waals surface area (Å²) in [5.41, 5.74) is 0. The molecular weight excluding hydrogens is 232 g/mol. The molecule has 0 bridgehead atoms. The highest BCUT2D eigenvalue weighted by Gasteiger charge is 2.13. The predicted octanol–water partition coefficient (Wildman–Crippen LogP) is 2.76. The summed E-state index contributed by atoms with van der Waals surface area (Å²) in [4.78, 5) is 2.05. The third-order valence-corrected chi connectivity index (χ3v) is 2.40. The van der Waals surface area contributed by atoms with Crippen LogP contribution in [0.3, 0.4) is 0 Å². The quantitative estimate of drug-likeness (QED) is 0.819. The minimum atomic E-state index is 0.341. The molecule has 0 aliphatic carbocycles. The summed E-state index contributed by atoms with van der Waals surface area (Å²) in [7, 11) is 0. The molecule has 1 heterocycles. The van der Waals surface area contributed by atoms with Crippen LogP contribution in [0.25, 0.3) is 0 Å². The summed E-state index contributed by atoms with van der Waals surface area (Å²) in [6, 6.07) is 3.66. The van der Waals surface area contributed by atoms with E-state index in [9.17, 15) is 0 Å². The van der Waals surface area contributed by atoms with Crippen molar-refractivity contribution < 1.29 is 4.42 Å². The van der Waals surface area contributed by atoms with E-state index in [1.807, 2.05) is 24.8 Å². The Balaban J connectivity index is 3.00. The molecule has 0 spiro atoms. The Morgan fingerprint density at radius 2 is 2.15 bits per heavy atom. The number of hydrogen-bond acceptors (Lipinski definition) is 3.